The van der Waals surface area contributed by atoms with Gasteiger partial charge in [0.1, 0.15) is 0 Å². The number of rotatable bonds is 3. The third-order valence-electron chi connectivity index (χ3n) is 3.73. The van der Waals surface area contributed by atoms with Gasteiger partial charge in [-0.3, -0.25) is 9.88 Å². The van der Waals surface area contributed by atoms with Crippen molar-refractivity contribution < 1.29 is 9.53 Å². The highest BCUT2D eigenvalue weighted by molar-refractivity contribution is 5.88. The molecule has 0 bridgehead atoms. The Bertz CT molecular complexity index is 433. The molecule has 0 amide bonds. The molecule has 0 radical (unpaired) electrons. The lowest BCUT2D eigenvalue weighted by Gasteiger charge is -2.34. The Hall–Kier alpha value is -1.46. The minimum Gasteiger partial charge on any atom is -0.465 e. The zero-order valence-corrected chi connectivity index (χ0v) is 11.5. The Kier molecular flexibility index (Phi) is 4.50. The summed E-state index contributed by atoms with van der Waals surface area (Å²) < 4.78 is 4.65. The van der Waals surface area contributed by atoms with Gasteiger partial charge in [-0.1, -0.05) is 6.92 Å². The number of nitrogens with zero attached hydrogens (tertiary/aromatic N) is 2. The first-order chi connectivity index (χ1) is 9.10. The number of carbonyl (C=O) groups excluding carboxylic acids is 1. The maximum Gasteiger partial charge on any atom is 0.339 e. The van der Waals surface area contributed by atoms with Crippen molar-refractivity contribution in [3.05, 3.63) is 29.6 Å². The van der Waals surface area contributed by atoms with Crippen LogP contribution in [0.15, 0.2) is 18.3 Å². The number of likely N-dealkylation sites (tertiary alicyclic amines) is 1. The summed E-state index contributed by atoms with van der Waals surface area (Å²) in [5, 5.41) is 0. The van der Waals surface area contributed by atoms with E-state index in [1.165, 1.54) is 7.11 Å². The quantitative estimate of drug-likeness (QED) is 0.825. The molecule has 5 heteroatoms. The summed E-state index contributed by atoms with van der Waals surface area (Å²) in [6.45, 7) is 4.93. The minimum atomic E-state index is -0.354. The second kappa shape index (κ2) is 6.12. The van der Waals surface area contributed by atoms with Crippen molar-refractivity contribution in [2.75, 3.05) is 20.2 Å². The molecule has 5 nitrogen and oxygen atoms in total. The summed E-state index contributed by atoms with van der Waals surface area (Å²) in [7, 11) is 1.37. The number of piperidine rings is 1. The van der Waals surface area contributed by atoms with Gasteiger partial charge in [0.25, 0.3) is 0 Å². The molecule has 1 saturated heterocycles. The molecule has 2 heterocycles. The molecule has 19 heavy (non-hydrogen) atoms. The average molecular weight is 263 g/mol. The van der Waals surface area contributed by atoms with E-state index in [1.54, 1.807) is 12.3 Å². The number of pyridine rings is 1. The number of carbonyl (C=O) groups is 1. The first kappa shape index (κ1) is 14.0. The van der Waals surface area contributed by atoms with Gasteiger partial charge in [-0.2, -0.15) is 0 Å². The van der Waals surface area contributed by atoms with Crippen LogP contribution < -0.4 is 5.73 Å². The zero-order chi connectivity index (χ0) is 13.8. The monoisotopic (exact) mass is 263 g/mol. The van der Waals surface area contributed by atoms with E-state index in [1.807, 2.05) is 6.07 Å². The zero-order valence-electron chi connectivity index (χ0n) is 11.5. The van der Waals surface area contributed by atoms with Gasteiger partial charge in [0.2, 0.25) is 0 Å². The number of nitrogens with two attached hydrogens (primary N) is 1. The Balaban J connectivity index is 1.94. The number of hydrogen-bond donors (Lipinski definition) is 1. The first-order valence-corrected chi connectivity index (χ1v) is 6.61. The van der Waals surface area contributed by atoms with Crippen molar-refractivity contribution in [3.63, 3.8) is 0 Å². The maximum absolute atomic E-state index is 11.3. The first-order valence-electron chi connectivity index (χ1n) is 6.61. The number of hydrogen-bond acceptors (Lipinski definition) is 5. The van der Waals surface area contributed by atoms with E-state index < -0.39 is 0 Å². The fraction of sp³-hybridized carbons (Fsp3) is 0.571. The SMILES string of the molecule is COC(=O)c1ccc(CN2CCC(C)C(N)C2)nc1. The van der Waals surface area contributed by atoms with E-state index in [4.69, 9.17) is 5.73 Å². The number of esters is 1. The van der Waals surface area contributed by atoms with Crippen LogP contribution >= 0.6 is 0 Å². The molecular weight excluding hydrogens is 242 g/mol. The second-order valence-electron chi connectivity index (χ2n) is 5.19. The Labute approximate surface area is 113 Å². The van der Waals surface area contributed by atoms with Crippen LogP contribution in [-0.4, -0.2) is 42.1 Å². The average Bonchev–Trinajstić information content (AvgIpc) is 2.43. The number of aromatic nitrogens is 1. The predicted octanol–water partition coefficient (Wildman–Crippen LogP) is 1.04. The van der Waals surface area contributed by atoms with Gasteiger partial charge in [-0.25, -0.2) is 4.79 Å². The Morgan fingerprint density at radius 3 is 2.95 bits per heavy atom. The van der Waals surface area contributed by atoms with Gasteiger partial charge >= 0.3 is 5.97 Å². The minimum absolute atomic E-state index is 0.239. The second-order valence-corrected chi connectivity index (χ2v) is 5.19. The van der Waals surface area contributed by atoms with Crippen molar-refractivity contribution in [2.45, 2.75) is 25.9 Å². The van der Waals surface area contributed by atoms with E-state index in [0.29, 0.717) is 11.5 Å². The molecule has 0 aromatic carbocycles. The van der Waals surface area contributed by atoms with Gasteiger partial charge < -0.3 is 10.5 Å². The van der Waals surface area contributed by atoms with E-state index in [2.05, 4.69) is 21.5 Å². The van der Waals surface area contributed by atoms with Crippen LogP contribution in [-0.2, 0) is 11.3 Å². The third-order valence-corrected chi connectivity index (χ3v) is 3.73. The lowest BCUT2D eigenvalue weighted by Crippen LogP contribution is -2.47. The highest BCUT2D eigenvalue weighted by Gasteiger charge is 2.23. The van der Waals surface area contributed by atoms with Crippen LogP contribution in [0.1, 0.15) is 29.4 Å². The van der Waals surface area contributed by atoms with Crippen molar-refractivity contribution in [2.24, 2.45) is 11.7 Å². The molecule has 1 aliphatic rings. The summed E-state index contributed by atoms with van der Waals surface area (Å²) in [6, 6.07) is 3.86. The van der Waals surface area contributed by atoms with Gasteiger partial charge in [0, 0.05) is 25.3 Å². The molecule has 2 rings (SSSR count). The van der Waals surface area contributed by atoms with Crippen LogP contribution in [0.4, 0.5) is 0 Å². The molecule has 0 spiro atoms. The third kappa shape index (κ3) is 3.52. The van der Waals surface area contributed by atoms with Gasteiger partial charge in [-0.15, -0.1) is 0 Å². The maximum atomic E-state index is 11.3. The molecule has 0 aliphatic carbocycles. The molecule has 0 saturated carbocycles. The molecule has 1 aliphatic heterocycles. The fourth-order valence-corrected chi connectivity index (χ4v) is 2.30. The number of methoxy groups -OCH3 is 1. The van der Waals surface area contributed by atoms with Crippen LogP contribution in [0.3, 0.4) is 0 Å². The van der Waals surface area contributed by atoms with Crippen LogP contribution in [0.5, 0.6) is 0 Å². The summed E-state index contributed by atoms with van der Waals surface area (Å²) in [5.41, 5.74) is 7.52. The summed E-state index contributed by atoms with van der Waals surface area (Å²) in [5.74, 6) is 0.235. The Morgan fingerprint density at radius 1 is 1.58 bits per heavy atom. The lowest BCUT2D eigenvalue weighted by atomic mass is 9.94. The van der Waals surface area contributed by atoms with Crippen LogP contribution in [0.25, 0.3) is 0 Å². The van der Waals surface area contributed by atoms with Crippen molar-refractivity contribution in [1.29, 1.82) is 0 Å². The normalized spacial score (nSPS) is 24.2. The topological polar surface area (TPSA) is 68.5 Å². The van der Waals surface area contributed by atoms with E-state index in [9.17, 15) is 4.79 Å². The molecule has 2 unspecified atom stereocenters. The molecule has 1 fully saturated rings. The summed E-state index contributed by atoms with van der Waals surface area (Å²) in [6.07, 6.45) is 2.69. The van der Waals surface area contributed by atoms with Gasteiger partial charge in [0.15, 0.2) is 0 Å². The number of ether oxygens (including phenoxy) is 1. The molecule has 1 aromatic heterocycles. The van der Waals surface area contributed by atoms with Crippen molar-refractivity contribution >= 4 is 5.97 Å². The Morgan fingerprint density at radius 2 is 2.37 bits per heavy atom. The standard InChI is InChI=1S/C14H21N3O2/c1-10-5-6-17(9-13(10)15)8-12-4-3-11(7-16-12)14(18)19-2/h3-4,7,10,13H,5-6,8-9,15H2,1-2H3. The molecule has 2 atom stereocenters. The molecule has 2 N–H and O–H groups in total. The van der Waals surface area contributed by atoms with Crippen molar-refractivity contribution in [1.82, 2.24) is 9.88 Å². The molecule has 104 valence electrons. The largest absolute Gasteiger partial charge is 0.465 e. The molecule has 1 aromatic rings. The molecular formula is C14H21N3O2. The van der Waals surface area contributed by atoms with Gasteiger partial charge in [-0.05, 0) is 31.0 Å². The summed E-state index contributed by atoms with van der Waals surface area (Å²) >= 11 is 0. The summed E-state index contributed by atoms with van der Waals surface area (Å²) in [4.78, 5) is 17.9. The fourth-order valence-electron chi connectivity index (χ4n) is 2.30. The smallest absolute Gasteiger partial charge is 0.339 e. The van der Waals surface area contributed by atoms with E-state index >= 15 is 0 Å². The lowest BCUT2D eigenvalue weighted by molar-refractivity contribution is 0.0600. The predicted molar refractivity (Wildman–Crippen MR) is 72.6 cm³/mol. The van der Waals surface area contributed by atoms with Crippen LogP contribution in [0, 0.1) is 5.92 Å². The van der Waals surface area contributed by atoms with Gasteiger partial charge in [0.05, 0.1) is 18.4 Å². The van der Waals surface area contributed by atoms with E-state index in [0.717, 1.165) is 31.7 Å². The highest BCUT2D eigenvalue weighted by atomic mass is 16.5. The van der Waals surface area contributed by atoms with Crippen LogP contribution in [0.2, 0.25) is 0 Å². The van der Waals surface area contributed by atoms with Crippen molar-refractivity contribution in [3.8, 4) is 0 Å². The van der Waals surface area contributed by atoms with E-state index in [-0.39, 0.29) is 12.0 Å². The highest BCUT2D eigenvalue weighted by Crippen LogP contribution is 2.17.